The van der Waals surface area contributed by atoms with Crippen LogP contribution in [0.5, 0.6) is 0 Å². The first-order valence-corrected chi connectivity index (χ1v) is 5.77. The number of carbonyl (C=O) groups excluding carboxylic acids is 1. The second-order valence-electron chi connectivity index (χ2n) is 4.10. The summed E-state index contributed by atoms with van der Waals surface area (Å²) in [6.45, 7) is 2.24. The molecule has 1 heterocycles. The lowest BCUT2D eigenvalue weighted by Crippen LogP contribution is -2.14. The average Bonchev–Trinajstić information content (AvgIpc) is 2.85. The number of carbonyl (C=O) groups is 1. The van der Waals surface area contributed by atoms with E-state index in [1.54, 1.807) is 6.92 Å². The minimum absolute atomic E-state index is 0.0112. The maximum atomic E-state index is 13.1. The van der Waals surface area contributed by atoms with Gasteiger partial charge in [0.25, 0.3) is 0 Å². The third-order valence-electron chi connectivity index (χ3n) is 2.75. The Hall–Kier alpha value is -2.18. The van der Waals surface area contributed by atoms with Crippen LogP contribution in [0.25, 0.3) is 0 Å². The number of hydrogen-bond donors (Lipinski definition) is 0. The lowest BCUT2D eigenvalue weighted by molar-refractivity contribution is -0.137. The van der Waals surface area contributed by atoms with Crippen LogP contribution < -0.4 is 0 Å². The molecule has 106 valence electrons. The normalized spacial score (nSPS) is 11.7. The number of ketones is 1. The Bertz CT molecular complexity index is 646. The summed E-state index contributed by atoms with van der Waals surface area (Å²) in [5.74, 6) is -1.80. The van der Waals surface area contributed by atoms with Crippen LogP contribution in [0.15, 0.2) is 30.6 Å². The van der Waals surface area contributed by atoms with E-state index in [1.807, 2.05) is 0 Å². The van der Waals surface area contributed by atoms with Gasteiger partial charge in [-0.3, -0.25) is 9.48 Å². The van der Waals surface area contributed by atoms with E-state index in [-0.39, 0.29) is 5.56 Å². The van der Waals surface area contributed by atoms with Gasteiger partial charge in [-0.05, 0) is 25.1 Å². The summed E-state index contributed by atoms with van der Waals surface area (Å²) < 4.78 is 53.0. The van der Waals surface area contributed by atoms with Crippen LogP contribution in [0.4, 0.5) is 17.6 Å². The molecule has 1 aromatic heterocycles. The first-order valence-electron chi connectivity index (χ1n) is 5.77. The molecule has 3 nitrogen and oxygen atoms in total. The van der Waals surface area contributed by atoms with Crippen molar-refractivity contribution in [1.29, 1.82) is 0 Å². The van der Waals surface area contributed by atoms with Gasteiger partial charge in [-0.15, -0.1) is 0 Å². The van der Waals surface area contributed by atoms with Crippen LogP contribution in [0.2, 0.25) is 0 Å². The van der Waals surface area contributed by atoms with Crippen molar-refractivity contribution in [1.82, 2.24) is 9.78 Å². The van der Waals surface area contributed by atoms with Gasteiger partial charge in [0.2, 0.25) is 0 Å². The topological polar surface area (TPSA) is 34.9 Å². The van der Waals surface area contributed by atoms with Crippen LogP contribution >= 0.6 is 0 Å². The van der Waals surface area contributed by atoms with Gasteiger partial charge in [-0.2, -0.15) is 18.3 Å². The Labute approximate surface area is 111 Å². The first kappa shape index (κ1) is 14.2. The fraction of sp³-hybridized carbons (Fsp3) is 0.231. The van der Waals surface area contributed by atoms with Crippen LogP contribution in [-0.4, -0.2) is 15.6 Å². The third-order valence-corrected chi connectivity index (χ3v) is 2.75. The predicted octanol–water partition coefficient (Wildman–Crippen LogP) is 3.29. The third kappa shape index (κ3) is 2.71. The standard InChI is InChI=1S/C13H10F4N2O/c1-2-19-7-8(6-18-19)12(20)10-5-9(14)3-4-11(10)13(15,16)17/h3-7H,2H2,1H3. The van der Waals surface area contributed by atoms with Gasteiger partial charge in [-0.1, -0.05) is 0 Å². The Kier molecular flexibility index (Phi) is 3.61. The molecule has 0 bridgehead atoms. The second kappa shape index (κ2) is 5.07. The van der Waals surface area contributed by atoms with Gasteiger partial charge in [0.15, 0.2) is 5.78 Å². The molecule has 0 fully saturated rings. The summed E-state index contributed by atoms with van der Waals surface area (Å²) in [5.41, 5.74) is -1.88. The highest BCUT2D eigenvalue weighted by atomic mass is 19.4. The first-order chi connectivity index (χ1) is 9.32. The van der Waals surface area contributed by atoms with Gasteiger partial charge in [0, 0.05) is 18.3 Å². The highest BCUT2D eigenvalue weighted by molar-refractivity contribution is 6.09. The number of benzene rings is 1. The monoisotopic (exact) mass is 286 g/mol. The Morgan fingerprint density at radius 1 is 1.35 bits per heavy atom. The zero-order chi connectivity index (χ0) is 14.9. The number of nitrogens with zero attached hydrogens (tertiary/aromatic N) is 2. The molecular weight excluding hydrogens is 276 g/mol. The quantitative estimate of drug-likeness (QED) is 0.641. The number of aromatic nitrogens is 2. The maximum Gasteiger partial charge on any atom is 0.417 e. The van der Waals surface area contributed by atoms with Crippen molar-refractivity contribution >= 4 is 5.78 Å². The van der Waals surface area contributed by atoms with E-state index in [0.717, 1.165) is 6.20 Å². The molecule has 0 amide bonds. The largest absolute Gasteiger partial charge is 0.417 e. The van der Waals surface area contributed by atoms with E-state index in [9.17, 15) is 22.4 Å². The van der Waals surface area contributed by atoms with Crippen LogP contribution in [-0.2, 0) is 12.7 Å². The molecule has 0 saturated carbocycles. The summed E-state index contributed by atoms with van der Waals surface area (Å²) in [4.78, 5) is 12.1. The minimum Gasteiger partial charge on any atom is -0.288 e. The summed E-state index contributed by atoms with van der Waals surface area (Å²) in [6.07, 6.45) is -2.23. The molecule has 0 aliphatic heterocycles. The van der Waals surface area contributed by atoms with Gasteiger partial charge in [-0.25, -0.2) is 4.39 Å². The minimum atomic E-state index is -4.72. The van der Waals surface area contributed by atoms with E-state index in [1.165, 1.54) is 10.9 Å². The number of aryl methyl sites for hydroxylation is 1. The van der Waals surface area contributed by atoms with Gasteiger partial charge >= 0.3 is 6.18 Å². The summed E-state index contributed by atoms with van der Waals surface area (Å²) in [5, 5.41) is 3.82. The zero-order valence-electron chi connectivity index (χ0n) is 10.4. The Morgan fingerprint density at radius 3 is 2.60 bits per heavy atom. The highest BCUT2D eigenvalue weighted by Gasteiger charge is 2.35. The second-order valence-corrected chi connectivity index (χ2v) is 4.10. The van der Waals surface area contributed by atoms with Crippen molar-refractivity contribution in [2.75, 3.05) is 0 Å². The number of halogens is 4. The van der Waals surface area contributed by atoms with Crippen LogP contribution in [0.1, 0.15) is 28.4 Å². The van der Waals surface area contributed by atoms with E-state index in [4.69, 9.17) is 0 Å². The Balaban J connectivity index is 2.51. The van der Waals surface area contributed by atoms with Crippen molar-refractivity contribution in [3.8, 4) is 0 Å². The number of alkyl halides is 3. The van der Waals surface area contributed by atoms with Gasteiger partial charge < -0.3 is 0 Å². The van der Waals surface area contributed by atoms with Crippen molar-refractivity contribution in [2.24, 2.45) is 0 Å². The summed E-state index contributed by atoms with van der Waals surface area (Å²) >= 11 is 0. The van der Waals surface area contributed by atoms with Crippen molar-refractivity contribution < 1.29 is 22.4 Å². The lowest BCUT2D eigenvalue weighted by Gasteiger charge is -2.11. The molecule has 2 aromatic rings. The summed E-state index contributed by atoms with van der Waals surface area (Å²) in [6, 6.07) is 1.83. The zero-order valence-corrected chi connectivity index (χ0v) is 10.4. The fourth-order valence-electron chi connectivity index (χ4n) is 1.76. The molecule has 2 rings (SSSR count). The number of hydrogen-bond acceptors (Lipinski definition) is 2. The predicted molar refractivity (Wildman–Crippen MR) is 62.7 cm³/mol. The number of rotatable bonds is 3. The van der Waals surface area contributed by atoms with Crippen molar-refractivity contribution in [3.63, 3.8) is 0 Å². The highest BCUT2D eigenvalue weighted by Crippen LogP contribution is 2.33. The van der Waals surface area contributed by atoms with E-state index >= 15 is 0 Å². The molecular formula is C13H10F4N2O. The lowest BCUT2D eigenvalue weighted by atomic mass is 10.00. The SMILES string of the molecule is CCn1cc(C(=O)c2cc(F)ccc2C(F)(F)F)cn1. The maximum absolute atomic E-state index is 13.1. The van der Waals surface area contributed by atoms with Gasteiger partial charge in [0.1, 0.15) is 5.82 Å². The molecule has 0 spiro atoms. The molecule has 0 aliphatic rings. The molecule has 0 radical (unpaired) electrons. The Morgan fingerprint density at radius 2 is 2.05 bits per heavy atom. The molecule has 0 aliphatic carbocycles. The van der Waals surface area contributed by atoms with Crippen molar-refractivity contribution in [2.45, 2.75) is 19.6 Å². The molecule has 0 saturated heterocycles. The van der Waals surface area contributed by atoms with Crippen molar-refractivity contribution in [3.05, 3.63) is 53.1 Å². The van der Waals surface area contributed by atoms with Gasteiger partial charge in [0.05, 0.1) is 17.3 Å². The van der Waals surface area contributed by atoms with Crippen LogP contribution in [0, 0.1) is 5.82 Å². The molecule has 1 aromatic carbocycles. The average molecular weight is 286 g/mol. The fourth-order valence-corrected chi connectivity index (χ4v) is 1.76. The molecule has 20 heavy (non-hydrogen) atoms. The molecule has 0 unspecified atom stereocenters. The van der Waals surface area contributed by atoms with E-state index < -0.39 is 28.9 Å². The molecule has 0 N–H and O–H groups in total. The van der Waals surface area contributed by atoms with E-state index in [2.05, 4.69) is 5.10 Å². The molecule has 7 heteroatoms. The summed E-state index contributed by atoms with van der Waals surface area (Å²) in [7, 11) is 0. The molecule has 0 atom stereocenters. The van der Waals surface area contributed by atoms with E-state index in [0.29, 0.717) is 24.7 Å². The van der Waals surface area contributed by atoms with Crippen LogP contribution in [0.3, 0.4) is 0 Å². The smallest absolute Gasteiger partial charge is 0.288 e.